The van der Waals surface area contributed by atoms with E-state index in [0.29, 0.717) is 0 Å². The van der Waals surface area contributed by atoms with E-state index in [2.05, 4.69) is 15.3 Å². The molecule has 0 aliphatic rings. The van der Waals surface area contributed by atoms with Crippen LogP contribution in [-0.4, -0.2) is 44.1 Å². The van der Waals surface area contributed by atoms with Gasteiger partial charge in [0, 0.05) is 40.6 Å². The lowest BCUT2D eigenvalue weighted by molar-refractivity contribution is -0.141. The number of para-hydroxylation sites is 1. The molecule has 2 aromatic carbocycles. The average molecular weight is 406 g/mol. The van der Waals surface area contributed by atoms with Crippen molar-refractivity contribution >= 4 is 33.7 Å². The standard InChI is InChI=1S/C22H22N4O4/c23-17(7-12-10-25-19-6-5-14(27)9-16(12)19)21(28)26-20(22(29)30)8-13-11-24-18-4-2-1-3-15(13)18/h1-6,9-11,17,20,24-25,27H,7-8,23H2,(H,26,28)(H,29,30). The van der Waals surface area contributed by atoms with Crippen LogP contribution < -0.4 is 11.1 Å². The summed E-state index contributed by atoms with van der Waals surface area (Å²) in [5.74, 6) is -1.55. The molecule has 2 aromatic heterocycles. The van der Waals surface area contributed by atoms with Gasteiger partial charge in [-0.1, -0.05) is 18.2 Å². The third-order valence-corrected chi connectivity index (χ3v) is 5.24. The minimum atomic E-state index is -1.13. The number of nitrogens with two attached hydrogens (primary N) is 1. The molecule has 0 saturated heterocycles. The van der Waals surface area contributed by atoms with Crippen LogP contribution in [-0.2, 0) is 22.4 Å². The average Bonchev–Trinajstić information content (AvgIpc) is 3.31. The number of H-pyrrole nitrogens is 2. The molecule has 4 aromatic rings. The highest BCUT2D eigenvalue weighted by atomic mass is 16.4. The number of fused-ring (bicyclic) bond motifs is 2. The molecule has 7 N–H and O–H groups in total. The quantitative estimate of drug-likeness (QED) is 0.278. The van der Waals surface area contributed by atoms with E-state index in [1.807, 2.05) is 24.3 Å². The summed E-state index contributed by atoms with van der Waals surface area (Å²) in [7, 11) is 0. The molecule has 30 heavy (non-hydrogen) atoms. The van der Waals surface area contributed by atoms with Crippen LogP contribution in [0.15, 0.2) is 54.9 Å². The van der Waals surface area contributed by atoms with Gasteiger partial charge in [-0.2, -0.15) is 0 Å². The van der Waals surface area contributed by atoms with Gasteiger partial charge in [-0.15, -0.1) is 0 Å². The number of benzene rings is 2. The van der Waals surface area contributed by atoms with Gasteiger partial charge in [-0.25, -0.2) is 4.79 Å². The first kappa shape index (κ1) is 19.5. The van der Waals surface area contributed by atoms with Crippen LogP contribution in [0.1, 0.15) is 11.1 Å². The molecular weight excluding hydrogens is 384 g/mol. The molecule has 0 bridgehead atoms. The summed E-state index contributed by atoms with van der Waals surface area (Å²) in [5, 5.41) is 23.5. The van der Waals surface area contributed by atoms with Crippen molar-refractivity contribution in [1.29, 1.82) is 0 Å². The van der Waals surface area contributed by atoms with Crippen LogP contribution in [0.2, 0.25) is 0 Å². The normalized spacial score (nSPS) is 13.4. The largest absolute Gasteiger partial charge is 0.508 e. The van der Waals surface area contributed by atoms with Crippen molar-refractivity contribution in [3.8, 4) is 5.75 Å². The number of amides is 1. The van der Waals surface area contributed by atoms with Crippen molar-refractivity contribution in [2.24, 2.45) is 5.73 Å². The van der Waals surface area contributed by atoms with E-state index in [1.165, 1.54) is 0 Å². The van der Waals surface area contributed by atoms with Crippen molar-refractivity contribution in [2.45, 2.75) is 24.9 Å². The topological polar surface area (TPSA) is 144 Å². The van der Waals surface area contributed by atoms with Gasteiger partial charge in [0.25, 0.3) is 0 Å². The van der Waals surface area contributed by atoms with Gasteiger partial charge in [0.15, 0.2) is 0 Å². The van der Waals surface area contributed by atoms with E-state index in [1.54, 1.807) is 30.6 Å². The maximum Gasteiger partial charge on any atom is 0.326 e. The summed E-state index contributed by atoms with van der Waals surface area (Å²) in [6, 6.07) is 10.4. The summed E-state index contributed by atoms with van der Waals surface area (Å²) >= 11 is 0. The Balaban J connectivity index is 1.47. The number of phenolic OH excluding ortho intramolecular Hbond substituents is 1. The monoisotopic (exact) mass is 406 g/mol. The van der Waals surface area contributed by atoms with Crippen molar-refractivity contribution < 1.29 is 19.8 Å². The number of hydrogen-bond donors (Lipinski definition) is 6. The molecule has 0 saturated carbocycles. The van der Waals surface area contributed by atoms with Gasteiger partial charge < -0.3 is 31.2 Å². The van der Waals surface area contributed by atoms with Crippen LogP contribution in [0.25, 0.3) is 21.8 Å². The highest BCUT2D eigenvalue weighted by Crippen LogP contribution is 2.24. The minimum absolute atomic E-state index is 0.117. The molecule has 0 radical (unpaired) electrons. The van der Waals surface area contributed by atoms with Crippen LogP contribution in [0.3, 0.4) is 0 Å². The lowest BCUT2D eigenvalue weighted by Gasteiger charge is -2.17. The Morgan fingerprint density at radius 1 is 0.967 bits per heavy atom. The summed E-state index contributed by atoms with van der Waals surface area (Å²) < 4.78 is 0. The van der Waals surface area contributed by atoms with E-state index in [4.69, 9.17) is 5.73 Å². The molecule has 4 rings (SSSR count). The summed E-state index contributed by atoms with van der Waals surface area (Å²) in [4.78, 5) is 30.5. The number of hydrogen-bond acceptors (Lipinski definition) is 4. The predicted molar refractivity (Wildman–Crippen MR) is 113 cm³/mol. The third-order valence-electron chi connectivity index (χ3n) is 5.24. The van der Waals surface area contributed by atoms with E-state index in [-0.39, 0.29) is 18.6 Å². The number of aliphatic carboxylic acids is 1. The van der Waals surface area contributed by atoms with Gasteiger partial charge in [-0.05, 0) is 41.8 Å². The number of nitrogens with one attached hydrogen (secondary N) is 3. The van der Waals surface area contributed by atoms with Gasteiger partial charge in [0.1, 0.15) is 11.8 Å². The molecule has 2 unspecified atom stereocenters. The number of aromatic hydroxyl groups is 1. The zero-order valence-corrected chi connectivity index (χ0v) is 16.1. The highest BCUT2D eigenvalue weighted by Gasteiger charge is 2.25. The first-order chi connectivity index (χ1) is 14.4. The number of carbonyl (C=O) groups excluding carboxylic acids is 1. The maximum absolute atomic E-state index is 12.6. The summed E-state index contributed by atoms with van der Waals surface area (Å²) in [5.41, 5.74) is 9.36. The molecular formula is C22H22N4O4. The third kappa shape index (κ3) is 3.85. The van der Waals surface area contributed by atoms with Crippen molar-refractivity contribution in [1.82, 2.24) is 15.3 Å². The molecule has 0 fully saturated rings. The molecule has 2 heterocycles. The van der Waals surface area contributed by atoms with Gasteiger partial charge >= 0.3 is 5.97 Å². The summed E-state index contributed by atoms with van der Waals surface area (Å²) in [6.07, 6.45) is 3.83. The lowest BCUT2D eigenvalue weighted by atomic mass is 10.0. The molecule has 0 spiro atoms. The molecule has 154 valence electrons. The fourth-order valence-electron chi connectivity index (χ4n) is 3.66. The van der Waals surface area contributed by atoms with E-state index in [0.717, 1.165) is 32.9 Å². The van der Waals surface area contributed by atoms with Gasteiger partial charge in [-0.3, -0.25) is 4.79 Å². The second kappa shape index (κ2) is 7.92. The SMILES string of the molecule is NC(Cc1c[nH]c2ccc(O)cc12)C(=O)NC(Cc1c[nH]c2ccccc12)C(=O)O. The zero-order chi connectivity index (χ0) is 21.3. The Labute approximate surface area is 171 Å². The summed E-state index contributed by atoms with van der Waals surface area (Å²) in [6.45, 7) is 0. The first-order valence-electron chi connectivity index (χ1n) is 9.55. The predicted octanol–water partition coefficient (Wildman–Crippen LogP) is 2.04. The number of carboxylic acid groups (broad SMARTS) is 1. The Morgan fingerprint density at radius 3 is 2.37 bits per heavy atom. The molecule has 2 atom stereocenters. The number of rotatable bonds is 7. The number of carbonyl (C=O) groups is 2. The molecule has 1 amide bonds. The van der Waals surface area contributed by atoms with Crippen LogP contribution in [0, 0.1) is 0 Å². The lowest BCUT2D eigenvalue weighted by Crippen LogP contribution is -2.50. The first-order valence-corrected chi connectivity index (χ1v) is 9.55. The van der Waals surface area contributed by atoms with Crippen molar-refractivity contribution in [2.75, 3.05) is 0 Å². The van der Waals surface area contributed by atoms with Crippen molar-refractivity contribution in [3.63, 3.8) is 0 Å². The fourth-order valence-corrected chi connectivity index (χ4v) is 3.66. The Bertz CT molecular complexity index is 1230. The Hall–Kier alpha value is -3.78. The van der Waals surface area contributed by atoms with Crippen LogP contribution in [0.4, 0.5) is 0 Å². The second-order valence-corrected chi connectivity index (χ2v) is 7.32. The van der Waals surface area contributed by atoms with E-state index >= 15 is 0 Å². The Kier molecular flexibility index (Phi) is 5.16. The van der Waals surface area contributed by atoms with Gasteiger partial charge in [0.2, 0.25) is 5.91 Å². The molecule has 0 aliphatic carbocycles. The number of aromatic nitrogens is 2. The fraction of sp³-hybridized carbons (Fsp3) is 0.182. The minimum Gasteiger partial charge on any atom is -0.508 e. The van der Waals surface area contributed by atoms with E-state index < -0.39 is 24.0 Å². The van der Waals surface area contributed by atoms with E-state index in [9.17, 15) is 19.8 Å². The van der Waals surface area contributed by atoms with Gasteiger partial charge in [0.05, 0.1) is 6.04 Å². The number of phenols is 1. The Morgan fingerprint density at radius 2 is 1.63 bits per heavy atom. The smallest absolute Gasteiger partial charge is 0.326 e. The van der Waals surface area contributed by atoms with Crippen LogP contribution in [0.5, 0.6) is 5.75 Å². The van der Waals surface area contributed by atoms with Crippen LogP contribution >= 0.6 is 0 Å². The molecule has 0 aliphatic heterocycles. The number of aromatic amines is 2. The number of carboxylic acids is 1. The highest BCUT2D eigenvalue weighted by molar-refractivity contribution is 5.90. The maximum atomic E-state index is 12.6. The second-order valence-electron chi connectivity index (χ2n) is 7.32. The molecule has 8 heteroatoms. The molecule has 8 nitrogen and oxygen atoms in total. The van der Waals surface area contributed by atoms with Crippen molar-refractivity contribution in [3.05, 3.63) is 66.0 Å². The zero-order valence-electron chi connectivity index (χ0n) is 16.1.